The van der Waals surface area contributed by atoms with E-state index in [0.29, 0.717) is 0 Å². The Morgan fingerprint density at radius 2 is 1.43 bits per heavy atom. The monoisotopic (exact) mass is 102 g/mol. The first kappa shape index (κ1) is 6.96. The summed E-state index contributed by atoms with van der Waals surface area (Å²) < 4.78 is 4.72. The van der Waals surface area contributed by atoms with Crippen molar-refractivity contribution in [3.8, 4) is 0 Å². The van der Waals surface area contributed by atoms with Crippen molar-refractivity contribution in [1.82, 2.24) is 0 Å². The lowest BCUT2D eigenvalue weighted by atomic mass is 10.4. The summed E-state index contributed by atoms with van der Waals surface area (Å²) in [5.41, 5.74) is 0. The average Bonchev–Trinajstić information content (AvgIpc) is 1.27. The number of ether oxygens (including phenoxy) is 1. The number of hydrogen-bond donors (Lipinski definition) is 0. The Kier molecular flexibility index (Phi) is 5.93. The Hall–Kier alpha value is -0.0400. The molecule has 0 aromatic carbocycles. The lowest BCUT2D eigenvalue weighted by Gasteiger charge is -2.09. The summed E-state index contributed by atoms with van der Waals surface area (Å²) in [7, 11) is 0. The van der Waals surface area contributed by atoms with Crippen LogP contribution in [0.1, 0.15) is 26.7 Å². The number of hydrogen-bond acceptors (Lipinski definition) is 1. The van der Waals surface area contributed by atoms with E-state index in [1.807, 2.05) is 0 Å². The zero-order chi connectivity index (χ0) is 5.54. The molecule has 0 aromatic heterocycles. The van der Waals surface area contributed by atoms with E-state index in [2.05, 4.69) is 13.8 Å². The van der Waals surface area contributed by atoms with E-state index in [0.717, 1.165) is 13.2 Å². The highest BCUT2D eigenvalue weighted by Gasteiger charge is 1.94. The Bertz CT molecular complexity index is 19.4. The van der Waals surface area contributed by atoms with Gasteiger partial charge in [-0.1, -0.05) is 20.3 Å². The summed E-state index contributed by atoms with van der Waals surface area (Å²) in [6.07, 6.45) is 2.53. The molecule has 7 heavy (non-hydrogen) atoms. The van der Waals surface area contributed by atoms with Crippen molar-refractivity contribution in [1.29, 1.82) is 0 Å². The third kappa shape index (κ3) is 5.96. The van der Waals surface area contributed by atoms with Gasteiger partial charge in [-0.05, 0) is 6.42 Å². The van der Waals surface area contributed by atoms with Crippen LogP contribution in [0.15, 0.2) is 0 Å². The van der Waals surface area contributed by atoms with Crippen LogP contribution < -0.4 is 0 Å². The summed E-state index contributed by atoms with van der Waals surface area (Å²) in [5, 5.41) is 0. The van der Waals surface area contributed by atoms with Crippen LogP contribution in [-0.2, 0) is 4.74 Å². The molecule has 1 aliphatic rings. The maximum absolute atomic E-state index is 4.72. The Balaban J connectivity index is 0.000000110. The summed E-state index contributed by atoms with van der Waals surface area (Å²) >= 11 is 0. The molecule has 1 rings (SSSR count). The van der Waals surface area contributed by atoms with Gasteiger partial charge in [0.1, 0.15) is 0 Å². The molecule has 0 N–H and O–H groups in total. The molecule has 0 aliphatic carbocycles. The first-order chi connectivity index (χ1) is 3.41. The fraction of sp³-hybridized carbons (Fsp3) is 1.00. The van der Waals surface area contributed by atoms with Crippen LogP contribution in [0.4, 0.5) is 0 Å². The first-order valence-electron chi connectivity index (χ1n) is 2.99. The van der Waals surface area contributed by atoms with Gasteiger partial charge in [-0.2, -0.15) is 0 Å². The van der Waals surface area contributed by atoms with Crippen LogP contribution in [0.2, 0.25) is 0 Å². The zero-order valence-corrected chi connectivity index (χ0v) is 5.24. The van der Waals surface area contributed by atoms with Crippen LogP contribution in [0.3, 0.4) is 0 Å². The fourth-order valence-corrected chi connectivity index (χ4v) is 0.144. The molecule has 0 aromatic rings. The van der Waals surface area contributed by atoms with Crippen LogP contribution in [0.25, 0.3) is 0 Å². The smallest absolute Gasteiger partial charge is 0.0488 e. The summed E-state index contributed by atoms with van der Waals surface area (Å²) in [6, 6.07) is 0. The third-order valence-corrected chi connectivity index (χ3v) is 0.577. The molecule has 0 spiro atoms. The van der Waals surface area contributed by atoms with Crippen molar-refractivity contribution in [2.75, 3.05) is 13.2 Å². The van der Waals surface area contributed by atoms with Gasteiger partial charge in [0.15, 0.2) is 0 Å². The minimum Gasteiger partial charge on any atom is -0.381 e. The second-order valence-electron chi connectivity index (χ2n) is 1.67. The van der Waals surface area contributed by atoms with E-state index in [-0.39, 0.29) is 0 Å². The highest BCUT2D eigenvalue weighted by Crippen LogP contribution is 1.93. The topological polar surface area (TPSA) is 9.23 Å². The van der Waals surface area contributed by atoms with Crippen LogP contribution in [-0.4, -0.2) is 13.2 Å². The number of rotatable bonds is 0. The van der Waals surface area contributed by atoms with Crippen molar-refractivity contribution >= 4 is 0 Å². The van der Waals surface area contributed by atoms with Crippen molar-refractivity contribution in [3.05, 3.63) is 0 Å². The van der Waals surface area contributed by atoms with E-state index in [4.69, 9.17) is 4.74 Å². The van der Waals surface area contributed by atoms with E-state index in [1.54, 1.807) is 0 Å². The van der Waals surface area contributed by atoms with Gasteiger partial charge in [-0.25, -0.2) is 0 Å². The fourth-order valence-electron chi connectivity index (χ4n) is 0.144. The lowest BCUT2D eigenvalue weighted by Crippen LogP contribution is -2.09. The Morgan fingerprint density at radius 1 is 1.29 bits per heavy atom. The second kappa shape index (κ2) is 5.96. The van der Waals surface area contributed by atoms with Crippen LogP contribution in [0, 0.1) is 0 Å². The summed E-state index contributed by atoms with van der Waals surface area (Å²) in [4.78, 5) is 0. The Labute approximate surface area is 45.7 Å². The second-order valence-corrected chi connectivity index (χ2v) is 1.67. The summed E-state index contributed by atoms with van der Waals surface area (Å²) in [6.45, 7) is 6.25. The molecule has 1 aliphatic heterocycles. The minimum atomic E-state index is 1.00. The van der Waals surface area contributed by atoms with Crippen molar-refractivity contribution in [3.63, 3.8) is 0 Å². The molecule has 1 nitrogen and oxygen atoms in total. The van der Waals surface area contributed by atoms with Gasteiger partial charge in [0.05, 0.1) is 0 Å². The molecule has 1 heterocycles. The average molecular weight is 102 g/mol. The van der Waals surface area contributed by atoms with Gasteiger partial charge in [0.2, 0.25) is 0 Å². The van der Waals surface area contributed by atoms with E-state index in [9.17, 15) is 0 Å². The normalized spacial score (nSPS) is 16.3. The molecule has 44 valence electrons. The molecule has 0 amide bonds. The van der Waals surface area contributed by atoms with Gasteiger partial charge >= 0.3 is 0 Å². The molecule has 0 unspecified atom stereocenters. The summed E-state index contributed by atoms with van der Waals surface area (Å²) in [5.74, 6) is 0. The maximum atomic E-state index is 4.72. The van der Waals surface area contributed by atoms with Crippen molar-refractivity contribution in [2.24, 2.45) is 0 Å². The Morgan fingerprint density at radius 3 is 1.43 bits per heavy atom. The van der Waals surface area contributed by atoms with Gasteiger partial charge < -0.3 is 4.74 Å². The van der Waals surface area contributed by atoms with Crippen molar-refractivity contribution in [2.45, 2.75) is 26.7 Å². The van der Waals surface area contributed by atoms with E-state index in [1.165, 1.54) is 12.8 Å². The van der Waals surface area contributed by atoms with Gasteiger partial charge in [0.25, 0.3) is 0 Å². The predicted octanol–water partition coefficient (Wildman–Crippen LogP) is 1.82. The highest BCUT2D eigenvalue weighted by molar-refractivity contribution is 4.41. The van der Waals surface area contributed by atoms with Gasteiger partial charge in [-0.3, -0.25) is 0 Å². The highest BCUT2D eigenvalue weighted by atomic mass is 16.5. The molecule has 0 radical (unpaired) electrons. The largest absolute Gasteiger partial charge is 0.381 e. The van der Waals surface area contributed by atoms with E-state index >= 15 is 0 Å². The molecule has 0 bridgehead atoms. The minimum absolute atomic E-state index is 1.00. The molecule has 1 fully saturated rings. The molecular weight excluding hydrogens is 88.1 g/mol. The van der Waals surface area contributed by atoms with Crippen LogP contribution in [0.5, 0.6) is 0 Å². The molecule has 0 atom stereocenters. The first-order valence-corrected chi connectivity index (χ1v) is 2.99. The van der Waals surface area contributed by atoms with E-state index < -0.39 is 0 Å². The van der Waals surface area contributed by atoms with Gasteiger partial charge in [0, 0.05) is 13.2 Å². The van der Waals surface area contributed by atoms with Gasteiger partial charge in [-0.15, -0.1) is 0 Å². The molecule has 1 saturated heterocycles. The molecule has 1 heteroatoms. The third-order valence-electron chi connectivity index (χ3n) is 0.577. The van der Waals surface area contributed by atoms with Crippen molar-refractivity contribution < 1.29 is 4.74 Å². The zero-order valence-electron chi connectivity index (χ0n) is 5.24. The molecule has 0 saturated carbocycles. The maximum Gasteiger partial charge on any atom is 0.0488 e. The quantitative estimate of drug-likeness (QED) is 0.453. The molecular formula is C6H14O. The standard InChI is InChI=1S/C3H6O.C3H8/c1-2-4-3-1;1-3-2/h1-3H2;3H2,1-2H3. The van der Waals surface area contributed by atoms with Crippen LogP contribution >= 0.6 is 0 Å². The lowest BCUT2D eigenvalue weighted by molar-refractivity contribution is 0.0367. The predicted molar refractivity (Wildman–Crippen MR) is 31.4 cm³/mol. The SMILES string of the molecule is C1COC1.CCC.